The third-order valence-electron chi connectivity index (χ3n) is 2.70. The van der Waals surface area contributed by atoms with Crippen molar-refractivity contribution in [3.63, 3.8) is 0 Å². The van der Waals surface area contributed by atoms with Crippen LogP contribution in [0, 0.1) is 0 Å². The van der Waals surface area contributed by atoms with Crippen LogP contribution < -0.4 is 15.8 Å². The lowest BCUT2D eigenvalue weighted by atomic mass is 10.1. The minimum atomic E-state index is -0.211. The maximum absolute atomic E-state index is 11.6. The van der Waals surface area contributed by atoms with Crippen molar-refractivity contribution in [2.75, 3.05) is 38.7 Å². The van der Waals surface area contributed by atoms with Crippen LogP contribution in [-0.2, 0) is 9.53 Å². The SMILES string of the molecule is CCCOc1ccc(/C=C\C(=O)NCCOCCO)cc1N. The molecule has 1 aromatic rings. The zero-order valence-corrected chi connectivity index (χ0v) is 12.9. The largest absolute Gasteiger partial charge is 0.491 e. The first-order valence-corrected chi connectivity index (χ1v) is 7.34. The highest BCUT2D eigenvalue weighted by molar-refractivity contribution is 5.91. The fraction of sp³-hybridized carbons (Fsp3) is 0.438. The number of hydrogen-bond donors (Lipinski definition) is 3. The molecule has 0 spiro atoms. The van der Waals surface area contributed by atoms with E-state index in [-0.39, 0.29) is 19.1 Å². The Morgan fingerprint density at radius 3 is 2.86 bits per heavy atom. The molecule has 0 aromatic heterocycles. The molecular formula is C16H24N2O4. The predicted octanol–water partition coefficient (Wildman–Crippen LogP) is 1.20. The summed E-state index contributed by atoms with van der Waals surface area (Å²) >= 11 is 0. The fourth-order valence-electron chi connectivity index (χ4n) is 1.66. The van der Waals surface area contributed by atoms with Gasteiger partial charge in [-0.15, -0.1) is 0 Å². The molecule has 0 fully saturated rings. The van der Waals surface area contributed by atoms with Gasteiger partial charge in [-0.2, -0.15) is 0 Å². The third-order valence-corrected chi connectivity index (χ3v) is 2.70. The van der Waals surface area contributed by atoms with Crippen molar-refractivity contribution in [1.82, 2.24) is 5.32 Å². The van der Waals surface area contributed by atoms with Gasteiger partial charge in [0, 0.05) is 12.6 Å². The molecule has 0 heterocycles. The molecule has 0 radical (unpaired) electrons. The Morgan fingerprint density at radius 2 is 2.18 bits per heavy atom. The number of hydrogen-bond acceptors (Lipinski definition) is 5. The zero-order chi connectivity index (χ0) is 16.2. The second kappa shape index (κ2) is 10.6. The number of benzene rings is 1. The number of amides is 1. The number of anilines is 1. The molecular weight excluding hydrogens is 284 g/mol. The lowest BCUT2D eigenvalue weighted by Crippen LogP contribution is -2.25. The lowest BCUT2D eigenvalue weighted by Gasteiger charge is -2.08. The average molecular weight is 308 g/mol. The molecule has 0 saturated heterocycles. The average Bonchev–Trinajstić information content (AvgIpc) is 2.52. The summed E-state index contributed by atoms with van der Waals surface area (Å²) in [7, 11) is 0. The van der Waals surface area contributed by atoms with E-state index in [1.165, 1.54) is 6.08 Å². The number of ether oxygens (including phenoxy) is 2. The first-order valence-electron chi connectivity index (χ1n) is 7.34. The van der Waals surface area contributed by atoms with Crippen LogP contribution in [0.25, 0.3) is 6.08 Å². The van der Waals surface area contributed by atoms with Crippen LogP contribution in [0.3, 0.4) is 0 Å². The Morgan fingerprint density at radius 1 is 1.36 bits per heavy atom. The molecule has 6 nitrogen and oxygen atoms in total. The summed E-state index contributed by atoms with van der Waals surface area (Å²) in [6.07, 6.45) is 4.04. The molecule has 0 aliphatic rings. The quantitative estimate of drug-likeness (QED) is 0.343. The minimum Gasteiger partial charge on any atom is -0.491 e. The van der Waals surface area contributed by atoms with E-state index in [4.69, 9.17) is 20.3 Å². The number of nitrogens with one attached hydrogen (secondary N) is 1. The van der Waals surface area contributed by atoms with Crippen LogP contribution in [-0.4, -0.2) is 44.0 Å². The molecule has 1 rings (SSSR count). The Hall–Kier alpha value is -2.05. The van der Waals surface area contributed by atoms with Crippen molar-refractivity contribution >= 4 is 17.7 Å². The van der Waals surface area contributed by atoms with Gasteiger partial charge in [-0.3, -0.25) is 4.79 Å². The molecule has 0 bridgehead atoms. The van der Waals surface area contributed by atoms with Gasteiger partial charge in [-0.25, -0.2) is 0 Å². The van der Waals surface area contributed by atoms with E-state index >= 15 is 0 Å². The first-order chi connectivity index (χ1) is 10.7. The molecule has 0 atom stereocenters. The highest BCUT2D eigenvalue weighted by Crippen LogP contribution is 2.23. The molecule has 0 unspecified atom stereocenters. The number of aliphatic hydroxyl groups excluding tert-OH is 1. The van der Waals surface area contributed by atoms with Gasteiger partial charge in [-0.05, 0) is 30.2 Å². The second-order valence-corrected chi connectivity index (χ2v) is 4.61. The van der Waals surface area contributed by atoms with Crippen molar-refractivity contribution in [1.29, 1.82) is 0 Å². The first kappa shape index (κ1) is 18.0. The maximum Gasteiger partial charge on any atom is 0.244 e. The number of nitrogens with two attached hydrogens (primary N) is 1. The van der Waals surface area contributed by atoms with Gasteiger partial charge in [0.05, 0.1) is 32.1 Å². The second-order valence-electron chi connectivity index (χ2n) is 4.61. The number of rotatable bonds is 10. The molecule has 22 heavy (non-hydrogen) atoms. The molecule has 1 amide bonds. The van der Waals surface area contributed by atoms with Crippen LogP contribution in [0.1, 0.15) is 18.9 Å². The molecule has 122 valence electrons. The summed E-state index contributed by atoms with van der Waals surface area (Å²) in [6.45, 7) is 3.68. The molecule has 0 saturated carbocycles. The summed E-state index contributed by atoms with van der Waals surface area (Å²) in [5, 5.41) is 11.2. The summed E-state index contributed by atoms with van der Waals surface area (Å²) in [4.78, 5) is 11.6. The van der Waals surface area contributed by atoms with Gasteiger partial charge >= 0.3 is 0 Å². The maximum atomic E-state index is 11.6. The molecule has 1 aromatic carbocycles. The number of carbonyl (C=O) groups excluding carboxylic acids is 1. The van der Waals surface area contributed by atoms with E-state index in [2.05, 4.69) is 5.32 Å². The van der Waals surface area contributed by atoms with Crippen molar-refractivity contribution < 1.29 is 19.4 Å². The molecule has 0 aliphatic carbocycles. The van der Waals surface area contributed by atoms with E-state index in [0.717, 1.165) is 12.0 Å². The standard InChI is InChI=1S/C16H24N2O4/c1-2-9-22-15-5-3-13(12-14(15)17)4-6-16(20)18-7-10-21-11-8-19/h3-6,12,19H,2,7-11,17H2,1H3,(H,18,20)/b6-4-. The van der Waals surface area contributed by atoms with Crippen LogP contribution in [0.4, 0.5) is 5.69 Å². The summed E-state index contributed by atoms with van der Waals surface area (Å²) in [5.74, 6) is 0.446. The van der Waals surface area contributed by atoms with Crippen LogP contribution in [0.15, 0.2) is 24.3 Å². The van der Waals surface area contributed by atoms with Crippen molar-refractivity contribution in [2.45, 2.75) is 13.3 Å². The van der Waals surface area contributed by atoms with Crippen LogP contribution in [0.5, 0.6) is 5.75 Å². The summed E-state index contributed by atoms with van der Waals surface area (Å²) in [5.41, 5.74) is 7.28. The van der Waals surface area contributed by atoms with Gasteiger partial charge < -0.3 is 25.6 Å². The number of aliphatic hydroxyl groups is 1. The van der Waals surface area contributed by atoms with E-state index in [1.54, 1.807) is 18.2 Å². The highest BCUT2D eigenvalue weighted by atomic mass is 16.5. The van der Waals surface area contributed by atoms with Crippen LogP contribution >= 0.6 is 0 Å². The normalized spacial score (nSPS) is 10.8. The Labute approximate surface area is 130 Å². The Kier molecular flexibility index (Phi) is 8.71. The Balaban J connectivity index is 2.41. The summed E-state index contributed by atoms with van der Waals surface area (Å²) < 4.78 is 10.5. The Bertz CT molecular complexity index is 489. The molecule has 4 N–H and O–H groups in total. The van der Waals surface area contributed by atoms with Gasteiger partial charge in [0.1, 0.15) is 5.75 Å². The van der Waals surface area contributed by atoms with Crippen LogP contribution in [0.2, 0.25) is 0 Å². The van der Waals surface area contributed by atoms with Gasteiger partial charge in [0.2, 0.25) is 5.91 Å². The molecule has 6 heteroatoms. The smallest absolute Gasteiger partial charge is 0.244 e. The van der Waals surface area contributed by atoms with Gasteiger partial charge in [0.25, 0.3) is 0 Å². The van der Waals surface area contributed by atoms with E-state index in [0.29, 0.717) is 31.2 Å². The van der Waals surface area contributed by atoms with E-state index < -0.39 is 0 Å². The third kappa shape index (κ3) is 7.10. The number of nitrogen functional groups attached to an aromatic ring is 1. The van der Waals surface area contributed by atoms with Crippen molar-refractivity contribution in [3.8, 4) is 5.75 Å². The minimum absolute atomic E-state index is 0.0206. The van der Waals surface area contributed by atoms with E-state index in [1.807, 2.05) is 13.0 Å². The zero-order valence-electron chi connectivity index (χ0n) is 12.9. The monoisotopic (exact) mass is 308 g/mol. The van der Waals surface area contributed by atoms with Gasteiger partial charge in [0.15, 0.2) is 0 Å². The highest BCUT2D eigenvalue weighted by Gasteiger charge is 2.01. The van der Waals surface area contributed by atoms with Crippen molar-refractivity contribution in [2.24, 2.45) is 0 Å². The molecule has 0 aliphatic heterocycles. The predicted molar refractivity (Wildman–Crippen MR) is 86.6 cm³/mol. The number of carbonyl (C=O) groups is 1. The van der Waals surface area contributed by atoms with Crippen molar-refractivity contribution in [3.05, 3.63) is 29.8 Å². The lowest BCUT2D eigenvalue weighted by molar-refractivity contribution is -0.116. The van der Waals surface area contributed by atoms with E-state index in [9.17, 15) is 4.79 Å². The fourth-order valence-corrected chi connectivity index (χ4v) is 1.66. The topological polar surface area (TPSA) is 93.8 Å². The summed E-state index contributed by atoms with van der Waals surface area (Å²) in [6, 6.07) is 5.40. The van der Waals surface area contributed by atoms with Gasteiger partial charge in [-0.1, -0.05) is 13.0 Å².